The summed E-state index contributed by atoms with van der Waals surface area (Å²) in [5.74, 6) is 3.79. The second-order valence-corrected chi connectivity index (χ2v) is 3.01. The van der Waals surface area contributed by atoms with Gasteiger partial charge in [-0.3, -0.25) is 0 Å². The summed E-state index contributed by atoms with van der Waals surface area (Å²) in [5, 5.41) is 17.3. The van der Waals surface area contributed by atoms with Crippen molar-refractivity contribution in [3.05, 3.63) is 11.6 Å². The minimum absolute atomic E-state index is 0.169. The molecule has 0 spiro atoms. The third-order valence-electron chi connectivity index (χ3n) is 1.79. The molecule has 0 heterocycles. The Morgan fingerprint density at radius 3 is 2.59 bits per heavy atom. The van der Waals surface area contributed by atoms with Crippen LogP contribution >= 0.6 is 0 Å². The van der Waals surface area contributed by atoms with Crippen molar-refractivity contribution < 1.29 is 24.5 Å². The van der Waals surface area contributed by atoms with E-state index >= 15 is 0 Å². The zero-order chi connectivity index (χ0) is 12.9. The standard InChI is InChI=1S/C12H18O5/c1-2-16-9-10-17-8-6-11(12(14)15)5-3-4-7-13/h5,13H,2,6-10H2,1H3,(H,14,15)/b11-5+. The van der Waals surface area contributed by atoms with Crippen molar-refractivity contribution in [2.75, 3.05) is 33.0 Å². The molecule has 0 aliphatic heterocycles. The van der Waals surface area contributed by atoms with Crippen molar-refractivity contribution in [2.24, 2.45) is 0 Å². The van der Waals surface area contributed by atoms with Crippen LogP contribution in [0.15, 0.2) is 11.6 Å². The predicted molar refractivity (Wildman–Crippen MR) is 62.5 cm³/mol. The summed E-state index contributed by atoms with van der Waals surface area (Å²) in [7, 11) is 0. The number of hydrogen-bond acceptors (Lipinski definition) is 4. The first-order valence-corrected chi connectivity index (χ1v) is 5.39. The van der Waals surface area contributed by atoms with E-state index in [0.717, 1.165) is 0 Å². The van der Waals surface area contributed by atoms with Gasteiger partial charge in [0.1, 0.15) is 6.61 Å². The van der Waals surface area contributed by atoms with Gasteiger partial charge in [-0.1, -0.05) is 11.8 Å². The fraction of sp³-hybridized carbons (Fsp3) is 0.583. The highest BCUT2D eigenvalue weighted by Gasteiger charge is 2.05. The summed E-state index contributed by atoms with van der Waals surface area (Å²) >= 11 is 0. The van der Waals surface area contributed by atoms with Crippen molar-refractivity contribution in [3.63, 3.8) is 0 Å². The second-order valence-electron chi connectivity index (χ2n) is 3.01. The van der Waals surface area contributed by atoms with Gasteiger partial charge in [-0.15, -0.1) is 0 Å². The molecule has 0 aromatic heterocycles. The van der Waals surface area contributed by atoms with Gasteiger partial charge in [-0.05, 0) is 13.0 Å². The van der Waals surface area contributed by atoms with Crippen LogP contribution in [0.25, 0.3) is 0 Å². The highest BCUT2D eigenvalue weighted by Crippen LogP contribution is 2.01. The van der Waals surface area contributed by atoms with Gasteiger partial charge in [-0.2, -0.15) is 0 Å². The SMILES string of the molecule is CCOCCOCC/C(=C\C#CCO)C(=O)O. The summed E-state index contributed by atoms with van der Waals surface area (Å²) in [6.45, 7) is 3.52. The van der Waals surface area contributed by atoms with Crippen LogP contribution < -0.4 is 0 Å². The van der Waals surface area contributed by atoms with E-state index in [9.17, 15) is 4.79 Å². The topological polar surface area (TPSA) is 76.0 Å². The Labute approximate surface area is 101 Å². The zero-order valence-corrected chi connectivity index (χ0v) is 9.94. The van der Waals surface area contributed by atoms with E-state index in [4.69, 9.17) is 19.7 Å². The minimum atomic E-state index is -1.02. The molecular formula is C12H18O5. The summed E-state index contributed by atoms with van der Waals surface area (Å²) in [4.78, 5) is 10.8. The quantitative estimate of drug-likeness (QED) is 0.367. The van der Waals surface area contributed by atoms with Crippen LogP contribution in [-0.2, 0) is 14.3 Å². The van der Waals surface area contributed by atoms with E-state index in [1.54, 1.807) is 0 Å². The molecule has 0 amide bonds. The Bertz CT molecular complexity index is 298. The van der Waals surface area contributed by atoms with Gasteiger partial charge in [-0.25, -0.2) is 4.79 Å². The average molecular weight is 242 g/mol. The van der Waals surface area contributed by atoms with E-state index in [2.05, 4.69) is 11.8 Å². The maximum Gasteiger partial charge on any atom is 0.332 e. The lowest BCUT2D eigenvalue weighted by atomic mass is 10.2. The Balaban J connectivity index is 3.86. The van der Waals surface area contributed by atoms with Gasteiger partial charge in [0.15, 0.2) is 0 Å². The fourth-order valence-electron chi connectivity index (χ4n) is 0.971. The number of allylic oxidation sites excluding steroid dienone is 1. The van der Waals surface area contributed by atoms with Crippen LogP contribution in [0.4, 0.5) is 0 Å². The van der Waals surface area contributed by atoms with Crippen molar-refractivity contribution >= 4 is 5.97 Å². The molecule has 2 N–H and O–H groups in total. The molecule has 0 rings (SSSR count). The van der Waals surface area contributed by atoms with Crippen molar-refractivity contribution in [1.29, 1.82) is 0 Å². The van der Waals surface area contributed by atoms with Crippen molar-refractivity contribution in [2.45, 2.75) is 13.3 Å². The summed E-state index contributed by atoms with van der Waals surface area (Å²) in [5.41, 5.74) is 0.169. The van der Waals surface area contributed by atoms with E-state index in [-0.39, 0.29) is 18.6 Å². The van der Waals surface area contributed by atoms with E-state index < -0.39 is 5.97 Å². The smallest absolute Gasteiger partial charge is 0.332 e. The van der Waals surface area contributed by atoms with Crippen LogP contribution in [-0.4, -0.2) is 49.2 Å². The molecule has 0 atom stereocenters. The number of rotatable bonds is 8. The minimum Gasteiger partial charge on any atom is -0.478 e. The first-order chi connectivity index (χ1) is 8.22. The molecule has 0 saturated carbocycles. The van der Waals surface area contributed by atoms with Gasteiger partial charge in [0.25, 0.3) is 0 Å². The van der Waals surface area contributed by atoms with Crippen molar-refractivity contribution in [1.82, 2.24) is 0 Å². The molecule has 5 nitrogen and oxygen atoms in total. The normalized spacial score (nSPS) is 10.8. The molecule has 0 aliphatic carbocycles. The zero-order valence-electron chi connectivity index (χ0n) is 9.94. The molecule has 0 bridgehead atoms. The highest BCUT2D eigenvalue weighted by atomic mass is 16.5. The van der Waals surface area contributed by atoms with Gasteiger partial charge < -0.3 is 19.7 Å². The number of aliphatic hydroxyl groups is 1. The number of ether oxygens (including phenoxy) is 2. The number of hydrogen-bond donors (Lipinski definition) is 2. The second kappa shape index (κ2) is 11.1. The van der Waals surface area contributed by atoms with E-state index in [1.165, 1.54) is 6.08 Å². The summed E-state index contributed by atoms with van der Waals surface area (Å²) in [6.07, 6.45) is 1.56. The molecule has 17 heavy (non-hydrogen) atoms. The molecule has 5 heteroatoms. The molecule has 0 radical (unpaired) electrons. The van der Waals surface area contributed by atoms with Crippen LogP contribution in [0, 0.1) is 11.8 Å². The number of carboxylic acids is 1. The van der Waals surface area contributed by atoms with Crippen molar-refractivity contribution in [3.8, 4) is 11.8 Å². The maximum atomic E-state index is 10.8. The van der Waals surface area contributed by atoms with Gasteiger partial charge in [0.2, 0.25) is 0 Å². The Morgan fingerprint density at radius 1 is 1.29 bits per heavy atom. The van der Waals surface area contributed by atoms with Gasteiger partial charge >= 0.3 is 5.97 Å². The summed E-state index contributed by atoms with van der Waals surface area (Å²) in [6, 6.07) is 0. The molecule has 0 aliphatic rings. The number of carbonyl (C=O) groups is 1. The van der Waals surface area contributed by atoms with Gasteiger partial charge in [0.05, 0.1) is 19.8 Å². The first kappa shape index (κ1) is 15.7. The third kappa shape index (κ3) is 9.57. The van der Waals surface area contributed by atoms with Crippen LogP contribution in [0.2, 0.25) is 0 Å². The van der Waals surface area contributed by atoms with Gasteiger partial charge in [0, 0.05) is 18.6 Å². The lowest BCUT2D eigenvalue weighted by Crippen LogP contribution is -2.08. The number of carboxylic acid groups (broad SMARTS) is 1. The molecule has 0 saturated heterocycles. The number of aliphatic hydroxyl groups excluding tert-OH is 1. The number of aliphatic carboxylic acids is 1. The molecule has 0 aromatic carbocycles. The lowest BCUT2D eigenvalue weighted by Gasteiger charge is -2.04. The van der Waals surface area contributed by atoms with E-state index in [1.807, 2.05) is 6.92 Å². The molecule has 0 aromatic rings. The predicted octanol–water partition coefficient (Wildman–Crippen LogP) is 0.436. The Kier molecular flexibility index (Phi) is 10.3. The van der Waals surface area contributed by atoms with E-state index in [0.29, 0.717) is 26.4 Å². The maximum absolute atomic E-state index is 10.8. The summed E-state index contributed by atoms with van der Waals surface area (Å²) < 4.78 is 10.3. The molecular weight excluding hydrogens is 224 g/mol. The van der Waals surface area contributed by atoms with Crippen LogP contribution in [0.5, 0.6) is 0 Å². The molecule has 0 fully saturated rings. The highest BCUT2D eigenvalue weighted by molar-refractivity contribution is 5.87. The van der Waals surface area contributed by atoms with Crippen LogP contribution in [0.3, 0.4) is 0 Å². The molecule has 96 valence electrons. The largest absolute Gasteiger partial charge is 0.478 e. The average Bonchev–Trinajstić information content (AvgIpc) is 2.31. The monoisotopic (exact) mass is 242 g/mol. The lowest BCUT2D eigenvalue weighted by molar-refractivity contribution is -0.132. The third-order valence-corrected chi connectivity index (χ3v) is 1.79. The first-order valence-electron chi connectivity index (χ1n) is 5.39. The fourth-order valence-corrected chi connectivity index (χ4v) is 0.971. The molecule has 0 unspecified atom stereocenters. The van der Waals surface area contributed by atoms with Crippen LogP contribution in [0.1, 0.15) is 13.3 Å². The Morgan fingerprint density at radius 2 is 2.00 bits per heavy atom. The Hall–Kier alpha value is -1.35.